The molecule has 6 heterocycles. The topological polar surface area (TPSA) is 42.8 Å². The molecule has 6 nitrogen and oxygen atoms in total. The maximum absolute atomic E-state index is 5.68. The van der Waals surface area contributed by atoms with E-state index in [9.17, 15) is 0 Å². The monoisotopic (exact) mass is 394 g/mol. The molecule has 5 aliphatic rings. The van der Waals surface area contributed by atoms with Crippen molar-refractivity contribution in [3.63, 3.8) is 0 Å². The van der Waals surface area contributed by atoms with Gasteiger partial charge >= 0.3 is 0 Å². The number of aromatic nitrogens is 2. The Balaban J connectivity index is 1.31. The van der Waals surface area contributed by atoms with E-state index in [1.807, 2.05) is 0 Å². The molecule has 4 saturated heterocycles. The first-order chi connectivity index (χ1) is 14.2. The second kappa shape index (κ2) is 6.74. The van der Waals surface area contributed by atoms with Crippen molar-refractivity contribution in [3.8, 4) is 11.5 Å². The van der Waals surface area contributed by atoms with E-state index in [0.29, 0.717) is 30.8 Å². The van der Waals surface area contributed by atoms with Crippen LogP contribution in [-0.2, 0) is 6.54 Å². The molecule has 4 fully saturated rings. The largest absolute Gasteiger partial charge is 0.454 e. The van der Waals surface area contributed by atoms with E-state index < -0.39 is 0 Å². The quantitative estimate of drug-likeness (QED) is 0.796. The zero-order valence-corrected chi connectivity index (χ0v) is 17.3. The molecule has 0 saturated carbocycles. The molecule has 0 amide bonds. The van der Waals surface area contributed by atoms with Crippen molar-refractivity contribution in [3.05, 3.63) is 41.7 Å². The number of hydrogen-bond donors (Lipinski definition) is 0. The van der Waals surface area contributed by atoms with E-state index in [4.69, 9.17) is 9.47 Å². The van der Waals surface area contributed by atoms with Crippen LogP contribution in [0.15, 0.2) is 30.6 Å². The Bertz CT molecular complexity index is 902. The lowest BCUT2D eigenvalue weighted by Crippen LogP contribution is -2.59. The maximum atomic E-state index is 5.68. The van der Waals surface area contributed by atoms with Gasteiger partial charge in [-0.25, -0.2) is 0 Å². The number of piperidine rings is 3. The third-order valence-electron chi connectivity index (χ3n) is 7.49. The highest BCUT2D eigenvalue weighted by Gasteiger charge is 2.53. The predicted molar refractivity (Wildman–Crippen MR) is 110 cm³/mol. The average Bonchev–Trinajstić information content (AvgIpc) is 3.47. The van der Waals surface area contributed by atoms with E-state index >= 15 is 0 Å². The van der Waals surface area contributed by atoms with Gasteiger partial charge in [0.2, 0.25) is 6.79 Å². The van der Waals surface area contributed by atoms with Crippen LogP contribution >= 0.6 is 0 Å². The standard InChI is InChI=1S/C23H30N4O2/c1-15(2)27-12-16(10-24-27)11-26-13-19(18-3-4-20-21(9-18)29-14-28-20)23-22(26)17-5-7-25(23)8-6-17/h3-4,9-10,12,15,17,19,22-23H,5-8,11,13-14H2,1-2H3/t19-,22+,23+/m0/s1. The van der Waals surface area contributed by atoms with Crippen LogP contribution in [0.2, 0.25) is 0 Å². The summed E-state index contributed by atoms with van der Waals surface area (Å²) in [5, 5.41) is 4.58. The summed E-state index contributed by atoms with van der Waals surface area (Å²) in [4.78, 5) is 5.51. The Kier molecular flexibility index (Phi) is 4.13. The molecule has 1 aromatic heterocycles. The van der Waals surface area contributed by atoms with Gasteiger partial charge in [0, 0.05) is 48.9 Å². The molecule has 6 heteroatoms. The van der Waals surface area contributed by atoms with Gasteiger partial charge in [-0.05, 0) is 63.4 Å². The molecule has 0 N–H and O–H groups in total. The molecule has 7 rings (SSSR count). The maximum Gasteiger partial charge on any atom is 0.231 e. The Hall–Kier alpha value is -2.05. The first kappa shape index (κ1) is 17.8. The van der Waals surface area contributed by atoms with Crippen LogP contribution in [0.4, 0.5) is 0 Å². The van der Waals surface area contributed by atoms with Crippen molar-refractivity contribution < 1.29 is 9.47 Å². The second-order valence-corrected chi connectivity index (χ2v) is 9.43. The van der Waals surface area contributed by atoms with Gasteiger partial charge in [-0.2, -0.15) is 5.10 Å². The fourth-order valence-electron chi connectivity index (χ4n) is 6.14. The van der Waals surface area contributed by atoms with Crippen molar-refractivity contribution >= 4 is 0 Å². The van der Waals surface area contributed by atoms with Gasteiger partial charge in [0.1, 0.15) is 0 Å². The van der Waals surface area contributed by atoms with Crippen LogP contribution < -0.4 is 9.47 Å². The molecule has 1 aromatic carbocycles. The number of benzene rings is 1. The minimum absolute atomic E-state index is 0.343. The number of nitrogens with zero attached hydrogens (tertiary/aromatic N) is 4. The van der Waals surface area contributed by atoms with E-state index in [1.54, 1.807) is 0 Å². The summed E-state index contributed by atoms with van der Waals surface area (Å²) in [5.41, 5.74) is 2.73. The van der Waals surface area contributed by atoms with Gasteiger partial charge in [0.05, 0.1) is 6.20 Å². The molecule has 0 radical (unpaired) electrons. The van der Waals surface area contributed by atoms with Crippen LogP contribution in [0, 0.1) is 5.92 Å². The van der Waals surface area contributed by atoms with Gasteiger partial charge in [0.15, 0.2) is 11.5 Å². The molecule has 0 unspecified atom stereocenters. The molecular weight excluding hydrogens is 364 g/mol. The lowest BCUT2D eigenvalue weighted by Gasteiger charge is -2.51. The molecule has 5 aliphatic heterocycles. The summed E-state index contributed by atoms with van der Waals surface area (Å²) < 4.78 is 13.3. The summed E-state index contributed by atoms with van der Waals surface area (Å²) in [6, 6.07) is 8.26. The zero-order valence-electron chi connectivity index (χ0n) is 17.3. The van der Waals surface area contributed by atoms with Crippen LogP contribution in [0.25, 0.3) is 0 Å². The molecule has 0 aliphatic carbocycles. The molecule has 2 aromatic rings. The SMILES string of the molecule is CC(C)n1cc(CN2C[C@@H](c3ccc4c(c3)OCO4)[C@@H]3[C@H]2C2CCN3CC2)cn1. The average molecular weight is 395 g/mol. The lowest BCUT2D eigenvalue weighted by molar-refractivity contribution is -0.00870. The number of likely N-dealkylation sites (tertiary alicyclic amines) is 1. The smallest absolute Gasteiger partial charge is 0.231 e. The summed E-state index contributed by atoms with van der Waals surface area (Å²) >= 11 is 0. The van der Waals surface area contributed by atoms with Gasteiger partial charge in [-0.3, -0.25) is 14.5 Å². The Morgan fingerprint density at radius 1 is 1.10 bits per heavy atom. The first-order valence-electron chi connectivity index (χ1n) is 11.1. The molecule has 3 atom stereocenters. The minimum Gasteiger partial charge on any atom is -0.454 e. The minimum atomic E-state index is 0.343. The van der Waals surface area contributed by atoms with Gasteiger partial charge in [-0.15, -0.1) is 0 Å². The Morgan fingerprint density at radius 2 is 1.93 bits per heavy atom. The molecule has 0 spiro atoms. The predicted octanol–water partition coefficient (Wildman–Crippen LogP) is 3.25. The van der Waals surface area contributed by atoms with Crippen molar-refractivity contribution in [2.75, 3.05) is 26.4 Å². The van der Waals surface area contributed by atoms with Crippen LogP contribution in [0.3, 0.4) is 0 Å². The highest BCUT2D eigenvalue weighted by molar-refractivity contribution is 5.46. The molecule has 2 bridgehead atoms. The molecule has 154 valence electrons. The van der Waals surface area contributed by atoms with E-state index in [0.717, 1.165) is 30.5 Å². The molecular formula is C23H30N4O2. The van der Waals surface area contributed by atoms with Crippen molar-refractivity contribution in [2.24, 2.45) is 5.92 Å². The fraction of sp³-hybridized carbons (Fsp3) is 0.609. The van der Waals surface area contributed by atoms with Crippen LogP contribution in [0.1, 0.15) is 49.8 Å². The normalized spacial score (nSPS) is 32.9. The highest BCUT2D eigenvalue weighted by atomic mass is 16.7. The highest BCUT2D eigenvalue weighted by Crippen LogP contribution is 2.48. The number of rotatable bonds is 4. The van der Waals surface area contributed by atoms with Crippen molar-refractivity contribution in [1.82, 2.24) is 19.6 Å². The summed E-state index contributed by atoms with van der Waals surface area (Å²) in [7, 11) is 0. The number of hydrogen-bond acceptors (Lipinski definition) is 5. The van der Waals surface area contributed by atoms with E-state index in [2.05, 4.69) is 64.0 Å². The molecule has 29 heavy (non-hydrogen) atoms. The first-order valence-corrected chi connectivity index (χ1v) is 11.1. The van der Waals surface area contributed by atoms with Crippen LogP contribution in [-0.4, -0.2) is 58.1 Å². The Labute approximate surface area is 172 Å². The van der Waals surface area contributed by atoms with Gasteiger partial charge in [0.25, 0.3) is 0 Å². The zero-order chi connectivity index (χ0) is 19.5. The van der Waals surface area contributed by atoms with Crippen molar-refractivity contribution in [1.29, 1.82) is 0 Å². The fourth-order valence-corrected chi connectivity index (χ4v) is 6.14. The Morgan fingerprint density at radius 3 is 2.72 bits per heavy atom. The summed E-state index contributed by atoms with van der Waals surface area (Å²) in [6.07, 6.45) is 6.98. The lowest BCUT2D eigenvalue weighted by atomic mass is 9.75. The number of ether oxygens (including phenoxy) is 2. The third kappa shape index (κ3) is 2.88. The third-order valence-corrected chi connectivity index (χ3v) is 7.49. The van der Waals surface area contributed by atoms with Gasteiger partial charge < -0.3 is 9.47 Å². The van der Waals surface area contributed by atoms with E-state index in [-0.39, 0.29) is 0 Å². The second-order valence-electron chi connectivity index (χ2n) is 9.43. The number of fused-ring (bicyclic) bond motifs is 3. The summed E-state index contributed by atoms with van der Waals surface area (Å²) in [5.74, 6) is 3.14. The van der Waals surface area contributed by atoms with Crippen LogP contribution in [0.5, 0.6) is 11.5 Å². The summed E-state index contributed by atoms with van der Waals surface area (Å²) in [6.45, 7) is 9.33. The van der Waals surface area contributed by atoms with Crippen molar-refractivity contribution in [2.45, 2.75) is 57.3 Å². The van der Waals surface area contributed by atoms with E-state index in [1.165, 1.54) is 37.1 Å². The van der Waals surface area contributed by atoms with Gasteiger partial charge in [-0.1, -0.05) is 6.07 Å².